The van der Waals surface area contributed by atoms with Gasteiger partial charge in [0.25, 0.3) is 10.1 Å². The Labute approximate surface area is 125 Å². The number of hydrogen-bond acceptors (Lipinski definition) is 5. The zero-order valence-corrected chi connectivity index (χ0v) is 13.1. The third kappa shape index (κ3) is 3.13. The van der Waals surface area contributed by atoms with E-state index in [1.807, 2.05) is 6.92 Å². The van der Waals surface area contributed by atoms with Crippen molar-refractivity contribution in [3.63, 3.8) is 0 Å². The van der Waals surface area contributed by atoms with E-state index < -0.39 is 22.0 Å². The first-order valence-electron chi connectivity index (χ1n) is 7.19. The zero-order chi connectivity index (χ0) is 15.1. The van der Waals surface area contributed by atoms with Crippen LogP contribution >= 0.6 is 0 Å². The maximum atomic E-state index is 12.5. The summed E-state index contributed by atoms with van der Waals surface area (Å²) in [6.45, 7) is 4.60. The molecule has 1 aromatic carbocycles. The molecule has 1 atom stereocenters. The van der Waals surface area contributed by atoms with Gasteiger partial charge in [-0.2, -0.15) is 8.42 Å². The molecule has 0 amide bonds. The molecule has 1 saturated carbocycles. The van der Waals surface area contributed by atoms with Gasteiger partial charge >= 0.3 is 0 Å². The minimum atomic E-state index is -3.82. The monoisotopic (exact) mass is 312 g/mol. The van der Waals surface area contributed by atoms with Crippen molar-refractivity contribution >= 4 is 10.1 Å². The molecule has 0 spiro atoms. The average Bonchev–Trinajstić information content (AvgIpc) is 3.18. The molecule has 116 valence electrons. The van der Waals surface area contributed by atoms with Crippen LogP contribution in [0.3, 0.4) is 0 Å². The van der Waals surface area contributed by atoms with Gasteiger partial charge in [0.2, 0.25) is 0 Å². The first-order valence-corrected chi connectivity index (χ1v) is 8.59. The summed E-state index contributed by atoms with van der Waals surface area (Å²) in [6, 6.07) is 6.64. The van der Waals surface area contributed by atoms with Crippen LogP contribution in [0.2, 0.25) is 0 Å². The minimum absolute atomic E-state index is 0.167. The normalized spacial score (nSPS) is 23.1. The second kappa shape index (κ2) is 5.35. The molecule has 1 heterocycles. The van der Waals surface area contributed by atoms with Gasteiger partial charge in [-0.05, 0) is 44.7 Å². The first kappa shape index (κ1) is 15.0. The van der Waals surface area contributed by atoms with Crippen molar-refractivity contribution in [1.82, 2.24) is 0 Å². The molecule has 2 aliphatic rings. The molecule has 1 unspecified atom stereocenters. The van der Waals surface area contributed by atoms with E-state index in [4.69, 9.17) is 13.7 Å². The molecule has 1 saturated heterocycles. The van der Waals surface area contributed by atoms with Crippen LogP contribution < -0.4 is 0 Å². The van der Waals surface area contributed by atoms with E-state index in [1.54, 1.807) is 31.2 Å². The van der Waals surface area contributed by atoms with Crippen molar-refractivity contribution < 1.29 is 22.1 Å². The van der Waals surface area contributed by atoms with Crippen LogP contribution in [0.5, 0.6) is 0 Å². The van der Waals surface area contributed by atoms with Crippen molar-refractivity contribution in [2.45, 2.75) is 43.5 Å². The molecule has 0 aromatic heterocycles. The quantitative estimate of drug-likeness (QED) is 0.780. The van der Waals surface area contributed by atoms with Crippen LogP contribution in [0, 0.1) is 12.8 Å². The van der Waals surface area contributed by atoms with E-state index in [1.165, 1.54) is 0 Å². The second-order valence-electron chi connectivity index (χ2n) is 5.83. The third-order valence-electron chi connectivity index (χ3n) is 3.97. The lowest BCUT2D eigenvalue weighted by Gasteiger charge is -2.31. The summed E-state index contributed by atoms with van der Waals surface area (Å²) in [5.74, 6) is -0.799. The fourth-order valence-corrected chi connectivity index (χ4v) is 3.77. The van der Waals surface area contributed by atoms with Crippen molar-refractivity contribution in [3.05, 3.63) is 29.8 Å². The first-order chi connectivity index (χ1) is 9.91. The Balaban J connectivity index is 1.83. The lowest BCUT2D eigenvalue weighted by Crippen LogP contribution is -2.45. The van der Waals surface area contributed by atoms with E-state index >= 15 is 0 Å². The van der Waals surface area contributed by atoms with Crippen molar-refractivity contribution in [1.29, 1.82) is 0 Å². The maximum absolute atomic E-state index is 12.5. The third-order valence-corrected chi connectivity index (χ3v) is 5.28. The van der Waals surface area contributed by atoms with E-state index in [9.17, 15) is 8.42 Å². The van der Waals surface area contributed by atoms with Crippen molar-refractivity contribution in [3.8, 4) is 0 Å². The number of benzene rings is 1. The average molecular weight is 312 g/mol. The molecule has 0 bridgehead atoms. The van der Waals surface area contributed by atoms with Gasteiger partial charge < -0.3 is 9.47 Å². The van der Waals surface area contributed by atoms with Gasteiger partial charge in [0.15, 0.2) is 5.79 Å². The summed E-state index contributed by atoms with van der Waals surface area (Å²) in [4.78, 5) is 0.167. The molecule has 6 heteroatoms. The summed E-state index contributed by atoms with van der Waals surface area (Å²) < 4.78 is 41.6. The molecule has 0 N–H and O–H groups in total. The highest BCUT2D eigenvalue weighted by molar-refractivity contribution is 7.86. The number of ether oxygens (including phenoxy) is 2. The lowest BCUT2D eigenvalue weighted by atomic mass is 10.1. The van der Waals surface area contributed by atoms with Crippen molar-refractivity contribution in [2.24, 2.45) is 5.92 Å². The van der Waals surface area contributed by atoms with E-state index in [2.05, 4.69) is 0 Å². The van der Waals surface area contributed by atoms with Gasteiger partial charge in [0.1, 0.15) is 6.10 Å². The Kier molecular flexibility index (Phi) is 3.81. The summed E-state index contributed by atoms with van der Waals surface area (Å²) >= 11 is 0. The van der Waals surface area contributed by atoms with Gasteiger partial charge in [0.05, 0.1) is 18.1 Å². The molecule has 1 aliphatic heterocycles. The molecule has 1 aromatic rings. The molecule has 3 rings (SSSR count). The number of hydrogen-bond donors (Lipinski definition) is 0. The molecule has 5 nitrogen and oxygen atoms in total. The molecule has 2 fully saturated rings. The lowest BCUT2D eigenvalue weighted by molar-refractivity contribution is -0.203. The Morgan fingerprint density at radius 1 is 1.19 bits per heavy atom. The van der Waals surface area contributed by atoms with Gasteiger partial charge in [-0.15, -0.1) is 0 Å². The van der Waals surface area contributed by atoms with E-state index in [0.717, 1.165) is 18.4 Å². The van der Waals surface area contributed by atoms with Gasteiger partial charge in [-0.3, -0.25) is 4.18 Å². The van der Waals surface area contributed by atoms with Crippen LogP contribution in [-0.4, -0.2) is 33.5 Å². The second-order valence-corrected chi connectivity index (χ2v) is 7.41. The smallest absolute Gasteiger partial charge is 0.297 e. The molecular weight excluding hydrogens is 292 g/mol. The molecular formula is C15H20O5S. The van der Waals surface area contributed by atoms with E-state index in [0.29, 0.717) is 13.2 Å². The molecule has 0 radical (unpaired) electrons. The predicted molar refractivity (Wildman–Crippen MR) is 76.3 cm³/mol. The summed E-state index contributed by atoms with van der Waals surface area (Å²) in [5.41, 5.74) is 1.00. The van der Waals surface area contributed by atoms with E-state index in [-0.39, 0.29) is 10.8 Å². The van der Waals surface area contributed by atoms with Crippen LogP contribution in [0.1, 0.15) is 25.3 Å². The van der Waals surface area contributed by atoms with Crippen molar-refractivity contribution in [2.75, 3.05) is 13.2 Å². The van der Waals surface area contributed by atoms with Crippen LogP contribution in [0.15, 0.2) is 29.2 Å². The van der Waals surface area contributed by atoms with Gasteiger partial charge in [0, 0.05) is 0 Å². The van der Waals surface area contributed by atoms with Gasteiger partial charge in [-0.25, -0.2) is 0 Å². The summed E-state index contributed by atoms with van der Waals surface area (Å²) in [6.07, 6.45) is 1.29. The highest BCUT2D eigenvalue weighted by Crippen LogP contribution is 2.43. The van der Waals surface area contributed by atoms with Crippen LogP contribution in [-0.2, 0) is 23.8 Å². The Bertz CT molecular complexity index is 597. The Morgan fingerprint density at radius 2 is 1.76 bits per heavy atom. The Morgan fingerprint density at radius 3 is 2.29 bits per heavy atom. The Hall–Kier alpha value is -0.950. The highest BCUT2D eigenvalue weighted by Gasteiger charge is 2.51. The summed E-state index contributed by atoms with van der Waals surface area (Å²) in [5, 5.41) is 0. The molecule has 1 aliphatic carbocycles. The summed E-state index contributed by atoms with van der Waals surface area (Å²) in [7, 11) is -3.82. The maximum Gasteiger partial charge on any atom is 0.297 e. The predicted octanol–water partition coefficient (Wildman–Crippen LogP) is 2.24. The van der Waals surface area contributed by atoms with Gasteiger partial charge in [-0.1, -0.05) is 17.7 Å². The topological polar surface area (TPSA) is 61.8 Å². The SMILES string of the molecule is Cc1ccc(S(=O)(=O)OC(C2CC2)C2(C)OCCO2)cc1. The number of rotatable bonds is 5. The van der Waals surface area contributed by atoms with Crippen LogP contribution in [0.25, 0.3) is 0 Å². The fraction of sp³-hybridized carbons (Fsp3) is 0.600. The largest absolute Gasteiger partial charge is 0.345 e. The number of aryl methyl sites for hydroxylation is 1. The zero-order valence-electron chi connectivity index (χ0n) is 12.2. The highest BCUT2D eigenvalue weighted by atomic mass is 32.2. The minimum Gasteiger partial charge on any atom is -0.345 e. The molecule has 21 heavy (non-hydrogen) atoms. The fourth-order valence-electron chi connectivity index (χ4n) is 2.58. The standard InChI is InChI=1S/C15H20O5S/c1-11-3-7-13(8-4-11)21(16,17)20-14(12-5-6-12)15(2)18-9-10-19-15/h3-4,7-8,12,14H,5-6,9-10H2,1-2H3. The van der Waals surface area contributed by atoms with Crippen LogP contribution in [0.4, 0.5) is 0 Å².